The van der Waals surface area contributed by atoms with Crippen molar-refractivity contribution in [3.63, 3.8) is 0 Å². The van der Waals surface area contributed by atoms with Crippen molar-refractivity contribution in [3.8, 4) is 0 Å². The van der Waals surface area contributed by atoms with Gasteiger partial charge in [-0.25, -0.2) is 0 Å². The molecule has 3 nitrogen and oxygen atoms in total. The monoisotopic (exact) mass is 400 g/mol. The summed E-state index contributed by atoms with van der Waals surface area (Å²) < 4.78 is 6.64. The molecule has 30 heavy (non-hydrogen) atoms. The number of aliphatic hydroxyl groups is 1. The topological polar surface area (TPSA) is 46.5 Å². The van der Waals surface area contributed by atoms with E-state index in [1.807, 2.05) is 54.6 Å². The zero-order valence-electron chi connectivity index (χ0n) is 17.3. The van der Waals surface area contributed by atoms with Crippen LogP contribution in [0.5, 0.6) is 0 Å². The van der Waals surface area contributed by atoms with Crippen LogP contribution in [-0.2, 0) is 15.1 Å². The summed E-state index contributed by atoms with van der Waals surface area (Å²) >= 11 is 0. The highest BCUT2D eigenvalue weighted by atomic mass is 16.5. The van der Waals surface area contributed by atoms with Gasteiger partial charge in [-0.2, -0.15) is 0 Å². The van der Waals surface area contributed by atoms with Gasteiger partial charge in [0.15, 0.2) is 0 Å². The molecule has 0 unspecified atom stereocenters. The predicted octanol–water partition coefficient (Wildman–Crippen LogP) is 5.28. The van der Waals surface area contributed by atoms with Gasteiger partial charge in [0.25, 0.3) is 0 Å². The Kier molecular flexibility index (Phi) is 7.72. The molecule has 3 heteroatoms. The second-order valence-corrected chi connectivity index (χ2v) is 7.37. The molecule has 0 saturated heterocycles. The fraction of sp³-hybridized carbons (Fsp3) is 0.222. The van der Waals surface area contributed by atoms with Crippen LogP contribution in [0.25, 0.3) is 0 Å². The lowest BCUT2D eigenvalue weighted by atomic mass is 9.80. The third-order valence-electron chi connectivity index (χ3n) is 5.21. The minimum atomic E-state index is -0.780. The van der Waals surface area contributed by atoms with Gasteiger partial charge < -0.3 is 9.84 Å². The number of aliphatic hydroxyl groups excluding tert-OH is 1. The van der Waals surface area contributed by atoms with E-state index < -0.39 is 11.7 Å². The fourth-order valence-electron chi connectivity index (χ4n) is 3.60. The molecule has 0 amide bonds. The third-order valence-corrected chi connectivity index (χ3v) is 5.21. The zero-order valence-corrected chi connectivity index (χ0v) is 17.3. The van der Waals surface area contributed by atoms with Crippen molar-refractivity contribution in [3.05, 3.63) is 119 Å². The molecule has 1 N–H and O–H groups in total. The predicted molar refractivity (Wildman–Crippen MR) is 120 cm³/mol. The largest absolute Gasteiger partial charge is 0.393 e. The molecule has 0 radical (unpaired) electrons. The number of carbonyl (C=O) groups excluding carboxylic acids is 1. The van der Waals surface area contributed by atoms with E-state index in [2.05, 4.69) is 36.4 Å². The molecule has 0 spiro atoms. The van der Waals surface area contributed by atoms with Crippen molar-refractivity contribution in [1.29, 1.82) is 0 Å². The Morgan fingerprint density at radius 3 is 1.70 bits per heavy atom. The van der Waals surface area contributed by atoms with Crippen LogP contribution in [0.4, 0.5) is 0 Å². The quantitative estimate of drug-likeness (QED) is 0.286. The lowest BCUT2D eigenvalue weighted by Gasteiger charge is -2.36. The van der Waals surface area contributed by atoms with E-state index in [9.17, 15) is 9.90 Å². The highest BCUT2D eigenvalue weighted by Gasteiger charge is 2.37. The smallest absolute Gasteiger partial charge is 0.145 e. The van der Waals surface area contributed by atoms with Crippen LogP contribution in [0.3, 0.4) is 0 Å². The van der Waals surface area contributed by atoms with Crippen molar-refractivity contribution >= 4 is 6.29 Å². The van der Waals surface area contributed by atoms with Crippen LogP contribution < -0.4 is 0 Å². The molecule has 0 bridgehead atoms. The molecule has 154 valence electrons. The number of rotatable bonds is 10. The van der Waals surface area contributed by atoms with Crippen molar-refractivity contribution in [1.82, 2.24) is 0 Å². The van der Waals surface area contributed by atoms with Crippen LogP contribution in [0, 0.1) is 0 Å². The number of hydrogen-bond donors (Lipinski definition) is 1. The Bertz CT molecular complexity index is 837. The molecule has 0 aromatic heterocycles. The molecule has 0 aliphatic heterocycles. The van der Waals surface area contributed by atoms with E-state index in [4.69, 9.17) is 4.74 Å². The molecule has 0 aliphatic rings. The summed E-state index contributed by atoms with van der Waals surface area (Å²) in [4.78, 5) is 10.8. The van der Waals surface area contributed by atoms with Gasteiger partial charge in [0.2, 0.25) is 0 Å². The molecule has 3 aromatic carbocycles. The van der Waals surface area contributed by atoms with Gasteiger partial charge in [-0.15, -0.1) is 0 Å². The van der Waals surface area contributed by atoms with Gasteiger partial charge in [-0.05, 0) is 42.0 Å². The number of hydrogen-bond acceptors (Lipinski definition) is 3. The average Bonchev–Trinajstić information content (AvgIpc) is 2.82. The first-order valence-corrected chi connectivity index (χ1v) is 10.3. The zero-order chi connectivity index (χ0) is 21.2. The van der Waals surface area contributed by atoms with E-state index in [0.29, 0.717) is 25.0 Å². The summed E-state index contributed by atoms with van der Waals surface area (Å²) in [7, 11) is 0. The van der Waals surface area contributed by atoms with Crippen LogP contribution in [0.2, 0.25) is 0 Å². The summed E-state index contributed by atoms with van der Waals surface area (Å²) in [5, 5.41) is 10.4. The molecule has 0 heterocycles. The van der Waals surface area contributed by atoms with Gasteiger partial charge in [0, 0.05) is 0 Å². The second kappa shape index (κ2) is 10.7. The first-order valence-electron chi connectivity index (χ1n) is 10.3. The van der Waals surface area contributed by atoms with Gasteiger partial charge >= 0.3 is 0 Å². The summed E-state index contributed by atoms with van der Waals surface area (Å²) in [6, 6.07) is 30.5. The average molecular weight is 401 g/mol. The number of carbonyl (C=O) groups is 1. The summed E-state index contributed by atoms with van der Waals surface area (Å²) in [6.07, 6.45) is 2.89. The first kappa shape index (κ1) is 21.7. The molecule has 3 aromatic rings. The van der Waals surface area contributed by atoms with Gasteiger partial charge in [-0.3, -0.25) is 4.79 Å². The molecule has 0 saturated carbocycles. The van der Waals surface area contributed by atoms with Crippen molar-refractivity contribution < 1.29 is 14.6 Å². The Labute approximate surface area is 178 Å². The Morgan fingerprint density at radius 1 is 0.867 bits per heavy atom. The molecule has 1 atom stereocenters. The maximum atomic E-state index is 10.8. The van der Waals surface area contributed by atoms with Crippen molar-refractivity contribution in [2.75, 3.05) is 6.61 Å². The van der Waals surface area contributed by atoms with Crippen molar-refractivity contribution in [2.45, 2.75) is 31.5 Å². The van der Waals surface area contributed by atoms with Crippen molar-refractivity contribution in [2.24, 2.45) is 0 Å². The third kappa shape index (κ3) is 5.12. The van der Waals surface area contributed by atoms with E-state index in [1.54, 1.807) is 13.0 Å². The normalized spacial score (nSPS) is 13.1. The second-order valence-electron chi connectivity index (χ2n) is 7.37. The van der Waals surface area contributed by atoms with E-state index >= 15 is 0 Å². The summed E-state index contributed by atoms with van der Waals surface area (Å²) in [5.74, 6) is 0. The minimum absolute atomic E-state index is 0.369. The SMILES string of the molecule is C/C(C=O)=C\C[C@H](O)CCOC(c1ccccc1)(c1ccccc1)c1ccccc1. The van der Waals surface area contributed by atoms with Crippen LogP contribution in [0.1, 0.15) is 36.5 Å². The van der Waals surface area contributed by atoms with Gasteiger partial charge in [-0.1, -0.05) is 97.1 Å². The minimum Gasteiger partial charge on any atom is -0.393 e. The Balaban J connectivity index is 1.94. The van der Waals surface area contributed by atoms with Crippen LogP contribution in [0.15, 0.2) is 103 Å². The molecule has 0 fully saturated rings. The fourth-order valence-corrected chi connectivity index (χ4v) is 3.60. The lowest BCUT2D eigenvalue weighted by molar-refractivity contribution is -0.104. The summed E-state index contributed by atoms with van der Waals surface area (Å²) in [6.45, 7) is 2.11. The number of allylic oxidation sites excluding steroid dienone is 1. The number of aldehydes is 1. The molecular weight excluding hydrogens is 372 g/mol. The maximum absolute atomic E-state index is 10.8. The van der Waals surface area contributed by atoms with Crippen LogP contribution >= 0.6 is 0 Å². The van der Waals surface area contributed by atoms with E-state index in [1.165, 1.54) is 0 Å². The van der Waals surface area contributed by atoms with E-state index in [-0.39, 0.29) is 0 Å². The van der Waals surface area contributed by atoms with Gasteiger partial charge in [0.1, 0.15) is 11.9 Å². The van der Waals surface area contributed by atoms with Gasteiger partial charge in [0.05, 0.1) is 12.7 Å². The number of benzene rings is 3. The summed E-state index contributed by atoms with van der Waals surface area (Å²) in [5.41, 5.74) is 2.95. The van der Waals surface area contributed by atoms with E-state index in [0.717, 1.165) is 23.0 Å². The first-order chi connectivity index (χ1) is 14.7. The molecule has 0 aliphatic carbocycles. The molecule has 3 rings (SSSR count). The standard InChI is InChI=1S/C27H28O3/c1-22(21-28)17-18-26(29)19-20-30-27(23-11-5-2-6-12-23,24-13-7-3-8-14-24)25-15-9-4-10-16-25/h2-17,21,26,29H,18-20H2,1H3/b22-17+/t26-/m0/s1. The number of ether oxygens (including phenoxy) is 1. The molecular formula is C27H28O3. The Morgan fingerprint density at radius 2 is 1.30 bits per heavy atom. The highest BCUT2D eigenvalue weighted by molar-refractivity contribution is 5.71. The lowest BCUT2D eigenvalue weighted by Crippen LogP contribution is -2.34. The Hall–Kier alpha value is -3.01. The maximum Gasteiger partial charge on any atom is 0.145 e. The highest BCUT2D eigenvalue weighted by Crippen LogP contribution is 2.40. The van der Waals surface area contributed by atoms with Crippen LogP contribution in [-0.4, -0.2) is 24.1 Å².